The van der Waals surface area contributed by atoms with Gasteiger partial charge in [-0.2, -0.15) is 0 Å². The number of hydrogen-bond acceptors (Lipinski definition) is 5. The van der Waals surface area contributed by atoms with Crippen molar-refractivity contribution in [3.05, 3.63) is 70.8 Å². The molecule has 0 aliphatic heterocycles. The molecule has 0 fully saturated rings. The predicted octanol–water partition coefficient (Wildman–Crippen LogP) is 3.26. The normalized spacial score (nSPS) is 14.7. The Labute approximate surface area is 162 Å². The molecule has 0 atom stereocenters. The highest BCUT2D eigenvalue weighted by Crippen LogP contribution is 2.29. The third-order valence-corrected chi connectivity index (χ3v) is 6.93. The zero-order chi connectivity index (χ0) is 20.2. The van der Waals surface area contributed by atoms with Crippen molar-refractivity contribution >= 4 is 32.2 Å². The number of sulfone groups is 1. The zero-order valence-electron chi connectivity index (χ0n) is 15.7. The molecule has 2 aromatic carbocycles. The number of ketones is 2. The number of aromatic nitrogens is 2. The fourth-order valence-corrected chi connectivity index (χ4v) is 5.06. The molecule has 1 aromatic heterocycles. The van der Waals surface area contributed by atoms with Crippen LogP contribution >= 0.6 is 0 Å². The molecule has 28 heavy (non-hydrogen) atoms. The molecule has 0 spiro atoms. The standard InChI is InChI=1S/C21H18N2O4S/c1-12-13(2)21(25)19-18(20(12)24)22-17(23(19)3)11-28(26,27)16-10-6-8-14-7-4-5-9-15(14)16/h4-10H,11H2,1-3H3. The number of benzene rings is 2. The van der Waals surface area contributed by atoms with Gasteiger partial charge in [-0.05, 0) is 25.3 Å². The van der Waals surface area contributed by atoms with Gasteiger partial charge in [-0.1, -0.05) is 36.4 Å². The summed E-state index contributed by atoms with van der Waals surface area (Å²) in [4.78, 5) is 29.5. The third kappa shape index (κ3) is 2.62. The summed E-state index contributed by atoms with van der Waals surface area (Å²) in [5.74, 6) is -0.863. The highest BCUT2D eigenvalue weighted by molar-refractivity contribution is 7.90. The van der Waals surface area contributed by atoms with E-state index in [1.54, 1.807) is 45.2 Å². The van der Waals surface area contributed by atoms with Crippen molar-refractivity contribution < 1.29 is 18.0 Å². The molecule has 0 amide bonds. The van der Waals surface area contributed by atoms with Crippen LogP contribution < -0.4 is 0 Å². The average molecular weight is 394 g/mol. The van der Waals surface area contributed by atoms with Crippen LogP contribution in [0.2, 0.25) is 0 Å². The molecule has 1 heterocycles. The van der Waals surface area contributed by atoms with E-state index in [1.807, 2.05) is 18.2 Å². The maximum atomic E-state index is 13.1. The first-order chi connectivity index (χ1) is 13.2. The first kappa shape index (κ1) is 18.3. The number of allylic oxidation sites excluding steroid dienone is 2. The van der Waals surface area contributed by atoms with Gasteiger partial charge in [-0.15, -0.1) is 0 Å². The SMILES string of the molecule is CC1=C(C)C(=O)c2c(nc(CS(=O)(=O)c3cccc4ccccc34)n2C)C1=O. The van der Waals surface area contributed by atoms with Gasteiger partial charge in [0.25, 0.3) is 0 Å². The van der Waals surface area contributed by atoms with Crippen LogP contribution in [0.1, 0.15) is 40.6 Å². The minimum Gasteiger partial charge on any atom is -0.327 e. The Balaban J connectivity index is 1.82. The first-order valence-corrected chi connectivity index (χ1v) is 10.4. The molecule has 4 rings (SSSR count). The highest BCUT2D eigenvalue weighted by Gasteiger charge is 2.34. The number of nitrogens with zero attached hydrogens (tertiary/aromatic N) is 2. The Morgan fingerprint density at radius 2 is 1.57 bits per heavy atom. The molecule has 142 valence electrons. The lowest BCUT2D eigenvalue weighted by atomic mass is 9.92. The maximum absolute atomic E-state index is 13.1. The van der Waals surface area contributed by atoms with Crippen LogP contribution in [0.4, 0.5) is 0 Å². The Morgan fingerprint density at radius 1 is 0.929 bits per heavy atom. The Hall–Kier alpha value is -3.06. The van der Waals surface area contributed by atoms with Crippen molar-refractivity contribution in [1.29, 1.82) is 0 Å². The second-order valence-corrected chi connectivity index (χ2v) is 8.89. The van der Waals surface area contributed by atoms with Gasteiger partial charge in [0.2, 0.25) is 11.6 Å². The summed E-state index contributed by atoms with van der Waals surface area (Å²) < 4.78 is 27.7. The van der Waals surface area contributed by atoms with Crippen molar-refractivity contribution in [1.82, 2.24) is 9.55 Å². The van der Waals surface area contributed by atoms with Gasteiger partial charge in [-0.3, -0.25) is 9.59 Å². The number of rotatable bonds is 3. The van der Waals surface area contributed by atoms with E-state index in [4.69, 9.17) is 0 Å². The minimum absolute atomic E-state index is 0.0266. The number of carbonyl (C=O) groups is 2. The second kappa shape index (κ2) is 6.24. The van der Waals surface area contributed by atoms with E-state index < -0.39 is 15.6 Å². The summed E-state index contributed by atoms with van der Waals surface area (Å²) in [6.45, 7) is 3.18. The molecule has 0 saturated heterocycles. The van der Waals surface area contributed by atoms with E-state index in [2.05, 4.69) is 4.98 Å². The molecule has 0 radical (unpaired) electrons. The maximum Gasteiger partial charge on any atom is 0.209 e. The zero-order valence-corrected chi connectivity index (χ0v) is 16.5. The van der Waals surface area contributed by atoms with Gasteiger partial charge in [0.15, 0.2) is 9.84 Å². The molecule has 0 bridgehead atoms. The fourth-order valence-electron chi connectivity index (χ4n) is 3.50. The van der Waals surface area contributed by atoms with E-state index in [9.17, 15) is 18.0 Å². The smallest absolute Gasteiger partial charge is 0.209 e. The second-order valence-electron chi connectivity index (χ2n) is 6.93. The van der Waals surface area contributed by atoms with Crippen LogP contribution in [-0.2, 0) is 22.6 Å². The van der Waals surface area contributed by atoms with Crippen molar-refractivity contribution in [2.24, 2.45) is 7.05 Å². The van der Waals surface area contributed by atoms with Crippen molar-refractivity contribution in [3.8, 4) is 0 Å². The van der Waals surface area contributed by atoms with Gasteiger partial charge < -0.3 is 4.57 Å². The van der Waals surface area contributed by atoms with Crippen LogP contribution in [0.5, 0.6) is 0 Å². The molecular formula is C21H18N2O4S. The number of carbonyl (C=O) groups excluding carboxylic acids is 2. The van der Waals surface area contributed by atoms with Gasteiger partial charge in [-0.25, -0.2) is 13.4 Å². The van der Waals surface area contributed by atoms with Gasteiger partial charge >= 0.3 is 0 Å². The number of imidazole rings is 1. The minimum atomic E-state index is -3.74. The number of fused-ring (bicyclic) bond motifs is 2. The topological polar surface area (TPSA) is 86.1 Å². The van der Waals surface area contributed by atoms with Gasteiger partial charge in [0, 0.05) is 23.6 Å². The lowest BCUT2D eigenvalue weighted by Gasteiger charge is -2.13. The molecule has 0 saturated carbocycles. The molecule has 1 aliphatic rings. The lowest BCUT2D eigenvalue weighted by Crippen LogP contribution is -2.21. The number of hydrogen-bond donors (Lipinski definition) is 0. The van der Waals surface area contributed by atoms with Crippen LogP contribution in [0.25, 0.3) is 10.8 Å². The quantitative estimate of drug-likeness (QED) is 0.681. The monoisotopic (exact) mass is 394 g/mol. The van der Waals surface area contributed by atoms with E-state index >= 15 is 0 Å². The Bertz CT molecular complexity index is 1310. The number of Topliss-reactive ketones (excluding diaryl/α,β-unsaturated/α-hetero) is 2. The Morgan fingerprint density at radius 3 is 2.32 bits per heavy atom. The average Bonchev–Trinajstić information content (AvgIpc) is 3.00. The van der Waals surface area contributed by atoms with Crippen molar-refractivity contribution in [2.45, 2.75) is 24.5 Å². The molecule has 0 unspecified atom stereocenters. The molecule has 1 aliphatic carbocycles. The molecule has 7 heteroatoms. The summed E-state index contributed by atoms with van der Waals surface area (Å²) in [6.07, 6.45) is 0. The fraction of sp³-hybridized carbons (Fsp3) is 0.190. The van der Waals surface area contributed by atoms with Crippen LogP contribution in [0.15, 0.2) is 58.5 Å². The summed E-state index contributed by atoms with van der Waals surface area (Å²) in [5, 5.41) is 1.45. The summed E-state index contributed by atoms with van der Waals surface area (Å²) in [6, 6.07) is 12.4. The van der Waals surface area contributed by atoms with E-state index in [1.165, 1.54) is 4.57 Å². The van der Waals surface area contributed by atoms with Gasteiger partial charge in [0.05, 0.1) is 4.90 Å². The van der Waals surface area contributed by atoms with E-state index in [-0.39, 0.29) is 33.7 Å². The molecule has 0 N–H and O–H groups in total. The van der Waals surface area contributed by atoms with Crippen molar-refractivity contribution in [3.63, 3.8) is 0 Å². The first-order valence-electron chi connectivity index (χ1n) is 8.75. The summed E-state index contributed by atoms with van der Waals surface area (Å²) in [7, 11) is -2.18. The van der Waals surface area contributed by atoms with E-state index in [0.717, 1.165) is 5.39 Å². The largest absolute Gasteiger partial charge is 0.327 e. The molecule has 3 aromatic rings. The van der Waals surface area contributed by atoms with Crippen LogP contribution in [0.3, 0.4) is 0 Å². The van der Waals surface area contributed by atoms with E-state index in [0.29, 0.717) is 16.5 Å². The summed E-state index contributed by atoms with van der Waals surface area (Å²) in [5.41, 5.74) is 0.887. The van der Waals surface area contributed by atoms with Crippen LogP contribution in [0, 0.1) is 0 Å². The molecule has 6 nitrogen and oxygen atoms in total. The lowest BCUT2D eigenvalue weighted by molar-refractivity contribution is 0.0967. The van der Waals surface area contributed by atoms with Crippen LogP contribution in [-0.4, -0.2) is 29.5 Å². The van der Waals surface area contributed by atoms with Gasteiger partial charge in [0.1, 0.15) is 23.0 Å². The summed E-state index contributed by atoms with van der Waals surface area (Å²) >= 11 is 0. The predicted molar refractivity (Wildman–Crippen MR) is 105 cm³/mol. The van der Waals surface area contributed by atoms with Crippen molar-refractivity contribution in [2.75, 3.05) is 0 Å². The molecular weight excluding hydrogens is 376 g/mol. The highest BCUT2D eigenvalue weighted by atomic mass is 32.2. The Kier molecular flexibility index (Phi) is 4.08. The third-order valence-electron chi connectivity index (χ3n) is 5.27.